The van der Waals surface area contributed by atoms with Crippen molar-refractivity contribution in [3.63, 3.8) is 0 Å². The summed E-state index contributed by atoms with van der Waals surface area (Å²) in [6, 6.07) is 4.21. The molecule has 0 saturated heterocycles. The molecule has 0 aliphatic rings. The van der Waals surface area contributed by atoms with Crippen LogP contribution in [-0.2, 0) is 11.8 Å². The summed E-state index contributed by atoms with van der Waals surface area (Å²) in [5.41, 5.74) is 8.08. The number of hydrogen-bond donors (Lipinski definition) is 1. The van der Waals surface area contributed by atoms with Gasteiger partial charge in [-0.25, -0.2) is 0 Å². The Morgan fingerprint density at radius 1 is 1.05 bits per heavy atom. The molecule has 0 spiro atoms. The van der Waals surface area contributed by atoms with Crippen molar-refractivity contribution in [2.75, 3.05) is 19.8 Å². The number of rotatable bonds is 7. The summed E-state index contributed by atoms with van der Waals surface area (Å²) in [5, 5.41) is 0. The minimum atomic E-state index is 0.0229. The molecule has 0 bridgehead atoms. The van der Waals surface area contributed by atoms with Gasteiger partial charge in [0.15, 0.2) is 0 Å². The van der Waals surface area contributed by atoms with Crippen LogP contribution >= 0.6 is 0 Å². The third-order valence-electron chi connectivity index (χ3n) is 3.20. The van der Waals surface area contributed by atoms with Crippen molar-refractivity contribution in [1.29, 1.82) is 0 Å². The standard InChI is InChI=1S/C17H29NO2/c1-6-19-14-11-13(9-8-10-18)16(20-7-2)15(12-14)17(3,4)5/h11-12H,6-10,18H2,1-5H3. The van der Waals surface area contributed by atoms with Gasteiger partial charge in [-0.1, -0.05) is 20.8 Å². The van der Waals surface area contributed by atoms with Crippen LogP contribution in [0, 0.1) is 0 Å². The molecule has 20 heavy (non-hydrogen) atoms. The van der Waals surface area contributed by atoms with Crippen LogP contribution < -0.4 is 15.2 Å². The predicted octanol–water partition coefficient (Wildman–Crippen LogP) is 3.67. The molecule has 0 heterocycles. The zero-order valence-corrected chi connectivity index (χ0v) is 13.6. The minimum absolute atomic E-state index is 0.0229. The lowest BCUT2D eigenvalue weighted by Gasteiger charge is -2.26. The molecule has 0 aliphatic heterocycles. The number of hydrogen-bond acceptors (Lipinski definition) is 3. The van der Waals surface area contributed by atoms with Gasteiger partial charge in [0.25, 0.3) is 0 Å². The molecule has 1 aromatic carbocycles. The number of nitrogens with two attached hydrogens (primary N) is 1. The van der Waals surface area contributed by atoms with E-state index >= 15 is 0 Å². The Labute approximate surface area is 123 Å². The van der Waals surface area contributed by atoms with Gasteiger partial charge in [0.2, 0.25) is 0 Å². The van der Waals surface area contributed by atoms with Crippen LogP contribution in [0.15, 0.2) is 12.1 Å². The average Bonchev–Trinajstić information content (AvgIpc) is 2.37. The van der Waals surface area contributed by atoms with Crippen molar-refractivity contribution in [3.05, 3.63) is 23.3 Å². The molecular formula is C17H29NO2. The fraction of sp³-hybridized carbons (Fsp3) is 0.647. The molecule has 0 aromatic heterocycles. The molecule has 2 N–H and O–H groups in total. The van der Waals surface area contributed by atoms with E-state index in [1.165, 1.54) is 11.1 Å². The van der Waals surface area contributed by atoms with E-state index in [4.69, 9.17) is 15.2 Å². The van der Waals surface area contributed by atoms with Gasteiger partial charge in [-0.05, 0) is 56.3 Å². The minimum Gasteiger partial charge on any atom is -0.494 e. The largest absolute Gasteiger partial charge is 0.494 e. The monoisotopic (exact) mass is 279 g/mol. The van der Waals surface area contributed by atoms with Crippen LogP contribution in [0.2, 0.25) is 0 Å². The summed E-state index contributed by atoms with van der Waals surface area (Å²) in [6.07, 6.45) is 1.88. The van der Waals surface area contributed by atoms with E-state index in [9.17, 15) is 0 Å². The van der Waals surface area contributed by atoms with E-state index < -0.39 is 0 Å². The summed E-state index contributed by atoms with van der Waals surface area (Å²) in [7, 11) is 0. The normalized spacial score (nSPS) is 11.5. The van der Waals surface area contributed by atoms with E-state index in [2.05, 4.69) is 32.9 Å². The van der Waals surface area contributed by atoms with Crippen molar-refractivity contribution in [2.45, 2.75) is 52.9 Å². The van der Waals surface area contributed by atoms with Crippen LogP contribution in [0.4, 0.5) is 0 Å². The highest BCUT2D eigenvalue weighted by Gasteiger charge is 2.23. The van der Waals surface area contributed by atoms with Crippen LogP contribution in [-0.4, -0.2) is 19.8 Å². The fourth-order valence-corrected chi connectivity index (χ4v) is 2.26. The molecule has 0 fully saturated rings. The van der Waals surface area contributed by atoms with Crippen molar-refractivity contribution in [2.24, 2.45) is 5.73 Å². The Bertz CT molecular complexity index is 422. The summed E-state index contributed by atoms with van der Waals surface area (Å²) in [6.45, 7) is 12.7. The zero-order chi connectivity index (χ0) is 15.2. The Hall–Kier alpha value is -1.22. The molecule has 1 aromatic rings. The first-order valence-electron chi connectivity index (χ1n) is 7.57. The van der Waals surface area contributed by atoms with Crippen LogP contribution in [0.5, 0.6) is 11.5 Å². The van der Waals surface area contributed by atoms with Crippen LogP contribution in [0.3, 0.4) is 0 Å². The Balaban J connectivity index is 3.32. The molecule has 0 aliphatic carbocycles. The lowest BCUT2D eigenvalue weighted by molar-refractivity contribution is 0.317. The number of benzene rings is 1. The Morgan fingerprint density at radius 2 is 1.70 bits per heavy atom. The molecule has 0 saturated carbocycles. The quantitative estimate of drug-likeness (QED) is 0.828. The molecule has 1 rings (SSSR count). The molecule has 3 nitrogen and oxygen atoms in total. The number of aryl methyl sites for hydroxylation is 1. The Kier molecular flexibility index (Phi) is 6.34. The smallest absolute Gasteiger partial charge is 0.126 e. The maximum atomic E-state index is 5.93. The van der Waals surface area contributed by atoms with Crippen molar-refractivity contribution in [1.82, 2.24) is 0 Å². The first-order chi connectivity index (χ1) is 9.43. The highest BCUT2D eigenvalue weighted by Crippen LogP contribution is 2.38. The van der Waals surface area contributed by atoms with E-state index in [0.717, 1.165) is 24.3 Å². The lowest BCUT2D eigenvalue weighted by Crippen LogP contribution is -2.16. The van der Waals surface area contributed by atoms with Gasteiger partial charge in [-0.3, -0.25) is 0 Å². The summed E-state index contributed by atoms with van der Waals surface area (Å²) >= 11 is 0. The van der Waals surface area contributed by atoms with Gasteiger partial charge in [-0.2, -0.15) is 0 Å². The summed E-state index contributed by atoms with van der Waals surface area (Å²) < 4.78 is 11.6. The van der Waals surface area contributed by atoms with Gasteiger partial charge in [0.1, 0.15) is 11.5 Å². The van der Waals surface area contributed by atoms with Gasteiger partial charge in [-0.15, -0.1) is 0 Å². The first-order valence-corrected chi connectivity index (χ1v) is 7.57. The molecule has 114 valence electrons. The first kappa shape index (κ1) is 16.8. The second-order valence-corrected chi connectivity index (χ2v) is 5.97. The molecule has 0 radical (unpaired) electrons. The van der Waals surface area contributed by atoms with Gasteiger partial charge < -0.3 is 15.2 Å². The lowest BCUT2D eigenvalue weighted by atomic mass is 9.84. The molecule has 0 atom stereocenters. The topological polar surface area (TPSA) is 44.5 Å². The summed E-state index contributed by atoms with van der Waals surface area (Å²) in [4.78, 5) is 0. The van der Waals surface area contributed by atoms with Gasteiger partial charge in [0, 0.05) is 5.56 Å². The van der Waals surface area contributed by atoms with Crippen molar-refractivity contribution < 1.29 is 9.47 Å². The maximum Gasteiger partial charge on any atom is 0.126 e. The summed E-state index contributed by atoms with van der Waals surface area (Å²) in [5.74, 6) is 1.94. The average molecular weight is 279 g/mol. The van der Waals surface area contributed by atoms with Gasteiger partial charge >= 0.3 is 0 Å². The molecular weight excluding hydrogens is 250 g/mol. The van der Waals surface area contributed by atoms with Gasteiger partial charge in [0.05, 0.1) is 13.2 Å². The van der Waals surface area contributed by atoms with Crippen LogP contribution in [0.25, 0.3) is 0 Å². The van der Waals surface area contributed by atoms with Crippen molar-refractivity contribution in [3.8, 4) is 11.5 Å². The fourth-order valence-electron chi connectivity index (χ4n) is 2.26. The maximum absolute atomic E-state index is 5.93. The molecule has 0 amide bonds. The van der Waals surface area contributed by atoms with E-state index in [-0.39, 0.29) is 5.41 Å². The Morgan fingerprint density at radius 3 is 2.20 bits per heavy atom. The zero-order valence-electron chi connectivity index (χ0n) is 13.6. The van der Waals surface area contributed by atoms with Crippen LogP contribution in [0.1, 0.15) is 52.2 Å². The predicted molar refractivity (Wildman–Crippen MR) is 84.9 cm³/mol. The SMILES string of the molecule is CCOc1cc(CCCN)c(OCC)c(C(C)(C)C)c1. The number of ether oxygens (including phenoxy) is 2. The third-order valence-corrected chi connectivity index (χ3v) is 3.20. The van der Waals surface area contributed by atoms with E-state index in [1.54, 1.807) is 0 Å². The van der Waals surface area contributed by atoms with E-state index in [1.807, 2.05) is 13.8 Å². The second kappa shape index (κ2) is 7.53. The third kappa shape index (κ3) is 4.41. The highest BCUT2D eigenvalue weighted by molar-refractivity contribution is 5.50. The highest BCUT2D eigenvalue weighted by atomic mass is 16.5. The molecule has 0 unspecified atom stereocenters. The second-order valence-electron chi connectivity index (χ2n) is 5.97. The van der Waals surface area contributed by atoms with Crippen molar-refractivity contribution >= 4 is 0 Å². The van der Waals surface area contributed by atoms with E-state index in [0.29, 0.717) is 19.8 Å². The molecule has 3 heteroatoms.